The van der Waals surface area contributed by atoms with Crippen molar-refractivity contribution in [2.24, 2.45) is 0 Å². The minimum absolute atomic E-state index is 0.214. The zero-order chi connectivity index (χ0) is 13.4. The standard InChI is InChI=1S/C12H11ClN2O3/c13-10-2-3-11(9(6-10)7-16)18-8-12(17)15-5-1-4-14/h2-3,6-7H,1,5,8H2,(H,15,17). The van der Waals surface area contributed by atoms with Crippen molar-refractivity contribution in [3.8, 4) is 11.8 Å². The quantitative estimate of drug-likeness (QED) is 0.626. The number of ether oxygens (including phenoxy) is 1. The summed E-state index contributed by atoms with van der Waals surface area (Å²) in [5, 5.41) is 11.2. The number of rotatable bonds is 6. The normalized spacial score (nSPS) is 9.33. The minimum atomic E-state index is -0.350. The van der Waals surface area contributed by atoms with E-state index in [9.17, 15) is 9.59 Å². The summed E-state index contributed by atoms with van der Waals surface area (Å²) in [5.74, 6) is -0.0538. The second-order valence-electron chi connectivity index (χ2n) is 3.35. The predicted molar refractivity (Wildman–Crippen MR) is 65.6 cm³/mol. The molecule has 1 N–H and O–H groups in total. The molecule has 0 saturated carbocycles. The van der Waals surface area contributed by atoms with Gasteiger partial charge in [-0.1, -0.05) is 11.6 Å². The second-order valence-corrected chi connectivity index (χ2v) is 3.78. The molecule has 0 aliphatic carbocycles. The molecule has 0 unspecified atom stereocenters. The Hall–Kier alpha value is -2.06. The van der Waals surface area contributed by atoms with Gasteiger partial charge in [-0.05, 0) is 18.2 Å². The van der Waals surface area contributed by atoms with Crippen LogP contribution in [0.2, 0.25) is 5.02 Å². The summed E-state index contributed by atoms with van der Waals surface area (Å²) in [5.41, 5.74) is 0.285. The lowest BCUT2D eigenvalue weighted by Crippen LogP contribution is -2.29. The van der Waals surface area contributed by atoms with Crippen molar-refractivity contribution >= 4 is 23.8 Å². The molecule has 1 aromatic rings. The van der Waals surface area contributed by atoms with Gasteiger partial charge < -0.3 is 10.1 Å². The maximum Gasteiger partial charge on any atom is 0.257 e. The van der Waals surface area contributed by atoms with E-state index < -0.39 is 0 Å². The fourth-order valence-corrected chi connectivity index (χ4v) is 1.38. The molecule has 1 rings (SSSR count). The van der Waals surface area contributed by atoms with Gasteiger partial charge in [0.05, 0.1) is 18.1 Å². The van der Waals surface area contributed by atoms with Gasteiger partial charge in [0.2, 0.25) is 0 Å². The van der Waals surface area contributed by atoms with Gasteiger partial charge in [-0.25, -0.2) is 0 Å². The first-order valence-electron chi connectivity index (χ1n) is 5.18. The third-order valence-electron chi connectivity index (χ3n) is 2.02. The van der Waals surface area contributed by atoms with E-state index in [0.29, 0.717) is 17.1 Å². The molecule has 0 fully saturated rings. The highest BCUT2D eigenvalue weighted by Crippen LogP contribution is 2.21. The molecule has 0 atom stereocenters. The first-order chi connectivity index (χ1) is 8.67. The summed E-state index contributed by atoms with van der Waals surface area (Å²) < 4.78 is 5.19. The number of nitrogens with one attached hydrogen (secondary N) is 1. The minimum Gasteiger partial charge on any atom is -0.483 e. The third-order valence-corrected chi connectivity index (χ3v) is 2.25. The summed E-state index contributed by atoms with van der Waals surface area (Å²) in [6.45, 7) is 0.0632. The van der Waals surface area contributed by atoms with Crippen LogP contribution in [0.25, 0.3) is 0 Å². The van der Waals surface area contributed by atoms with Crippen molar-refractivity contribution in [2.45, 2.75) is 6.42 Å². The Morgan fingerprint density at radius 3 is 3.00 bits per heavy atom. The molecule has 0 heterocycles. The monoisotopic (exact) mass is 266 g/mol. The highest BCUT2D eigenvalue weighted by Gasteiger charge is 2.06. The maximum atomic E-state index is 11.3. The van der Waals surface area contributed by atoms with E-state index in [1.807, 2.05) is 6.07 Å². The average molecular weight is 267 g/mol. The zero-order valence-electron chi connectivity index (χ0n) is 9.48. The van der Waals surface area contributed by atoms with Crippen molar-refractivity contribution in [1.29, 1.82) is 5.26 Å². The summed E-state index contributed by atoms with van der Waals surface area (Å²) in [6.07, 6.45) is 0.848. The lowest BCUT2D eigenvalue weighted by molar-refractivity contribution is -0.123. The Kier molecular flexibility index (Phi) is 5.68. The van der Waals surface area contributed by atoms with Crippen molar-refractivity contribution in [3.05, 3.63) is 28.8 Å². The summed E-state index contributed by atoms with van der Waals surface area (Å²) in [6, 6.07) is 6.45. The van der Waals surface area contributed by atoms with Crippen LogP contribution in [0, 0.1) is 11.3 Å². The zero-order valence-corrected chi connectivity index (χ0v) is 10.2. The Labute approximate surface area is 109 Å². The SMILES string of the molecule is N#CCCNC(=O)COc1ccc(Cl)cc1C=O. The molecule has 0 radical (unpaired) electrons. The number of hydrogen-bond donors (Lipinski definition) is 1. The predicted octanol–water partition coefficient (Wildman–Crippen LogP) is 1.56. The summed E-state index contributed by atoms with van der Waals surface area (Å²) >= 11 is 5.72. The van der Waals surface area contributed by atoms with Crippen molar-refractivity contribution in [2.75, 3.05) is 13.2 Å². The topological polar surface area (TPSA) is 79.2 Å². The number of carbonyl (C=O) groups excluding carboxylic acids is 2. The first kappa shape index (κ1) is 14.0. The lowest BCUT2D eigenvalue weighted by Gasteiger charge is -2.08. The number of aldehydes is 1. The highest BCUT2D eigenvalue weighted by atomic mass is 35.5. The Morgan fingerprint density at radius 2 is 2.33 bits per heavy atom. The first-order valence-corrected chi connectivity index (χ1v) is 5.56. The Balaban J connectivity index is 2.51. The molecule has 18 heavy (non-hydrogen) atoms. The molecule has 1 aromatic carbocycles. The maximum absolute atomic E-state index is 11.3. The second kappa shape index (κ2) is 7.30. The van der Waals surface area contributed by atoms with E-state index in [0.717, 1.165) is 0 Å². The largest absolute Gasteiger partial charge is 0.483 e. The average Bonchev–Trinajstić information content (AvgIpc) is 2.37. The van der Waals surface area contributed by atoms with Gasteiger partial charge in [-0.2, -0.15) is 5.26 Å². The number of benzene rings is 1. The molecule has 1 amide bonds. The van der Waals surface area contributed by atoms with Crippen LogP contribution in [0.5, 0.6) is 5.75 Å². The molecule has 0 saturated heterocycles. The van der Waals surface area contributed by atoms with Crippen LogP contribution in [0.1, 0.15) is 16.8 Å². The van der Waals surface area contributed by atoms with E-state index in [4.69, 9.17) is 21.6 Å². The van der Waals surface area contributed by atoms with E-state index in [-0.39, 0.29) is 31.0 Å². The fraction of sp³-hybridized carbons (Fsp3) is 0.250. The van der Waals surface area contributed by atoms with Crippen LogP contribution in [0.3, 0.4) is 0 Å². The Bertz CT molecular complexity index is 483. The fourth-order valence-electron chi connectivity index (χ4n) is 1.20. The van der Waals surface area contributed by atoms with Crippen LogP contribution in [0.15, 0.2) is 18.2 Å². The van der Waals surface area contributed by atoms with Gasteiger partial charge in [0.25, 0.3) is 5.91 Å². The molecular formula is C12H11ClN2O3. The molecular weight excluding hydrogens is 256 g/mol. The molecule has 0 bridgehead atoms. The smallest absolute Gasteiger partial charge is 0.257 e. The van der Waals surface area contributed by atoms with E-state index >= 15 is 0 Å². The summed E-state index contributed by atoms with van der Waals surface area (Å²) in [7, 11) is 0. The third kappa shape index (κ3) is 4.44. The lowest BCUT2D eigenvalue weighted by atomic mass is 10.2. The van der Waals surface area contributed by atoms with Gasteiger partial charge in [-0.3, -0.25) is 9.59 Å². The van der Waals surface area contributed by atoms with Crippen molar-refractivity contribution < 1.29 is 14.3 Å². The molecule has 94 valence electrons. The van der Waals surface area contributed by atoms with E-state index in [1.165, 1.54) is 12.1 Å². The van der Waals surface area contributed by atoms with Gasteiger partial charge in [0, 0.05) is 11.6 Å². The molecule has 0 aromatic heterocycles. The van der Waals surface area contributed by atoms with Crippen LogP contribution in [0.4, 0.5) is 0 Å². The highest BCUT2D eigenvalue weighted by molar-refractivity contribution is 6.30. The molecule has 0 spiro atoms. The van der Waals surface area contributed by atoms with Gasteiger partial charge in [-0.15, -0.1) is 0 Å². The van der Waals surface area contributed by atoms with Gasteiger partial charge >= 0.3 is 0 Å². The summed E-state index contributed by atoms with van der Waals surface area (Å²) in [4.78, 5) is 22.1. The van der Waals surface area contributed by atoms with Crippen molar-refractivity contribution in [3.63, 3.8) is 0 Å². The van der Waals surface area contributed by atoms with Crippen molar-refractivity contribution in [1.82, 2.24) is 5.32 Å². The van der Waals surface area contributed by atoms with Gasteiger partial charge in [0.15, 0.2) is 12.9 Å². The molecule has 6 heteroatoms. The number of nitriles is 1. The van der Waals surface area contributed by atoms with Crippen LogP contribution >= 0.6 is 11.6 Å². The van der Waals surface area contributed by atoms with Crippen LogP contribution in [-0.4, -0.2) is 25.3 Å². The van der Waals surface area contributed by atoms with E-state index in [1.54, 1.807) is 6.07 Å². The van der Waals surface area contributed by atoms with Crippen LogP contribution < -0.4 is 10.1 Å². The number of amides is 1. The van der Waals surface area contributed by atoms with Gasteiger partial charge in [0.1, 0.15) is 5.75 Å². The van der Waals surface area contributed by atoms with Crippen LogP contribution in [-0.2, 0) is 4.79 Å². The number of nitrogens with zero attached hydrogens (tertiary/aromatic N) is 1. The van der Waals surface area contributed by atoms with E-state index in [2.05, 4.69) is 5.32 Å². The molecule has 0 aliphatic rings. The molecule has 5 nitrogen and oxygen atoms in total. The Morgan fingerprint density at radius 1 is 1.56 bits per heavy atom. The number of carbonyl (C=O) groups is 2. The number of hydrogen-bond acceptors (Lipinski definition) is 4. The number of halogens is 1. The molecule has 0 aliphatic heterocycles.